The van der Waals surface area contributed by atoms with Crippen LogP contribution in [0.5, 0.6) is 5.75 Å². The standard InChI is InChI=1S/C30H26N2O/c1-33-25-17-14-21(15-18-25)12-13-22-16-19-27-26(20-22)29(31)28(23-8-4-2-5-9-23)30(32-27)24-10-6-3-7-11-24/h2-11,14-20H,12-13H2,1H3,(H2,31,32). The average molecular weight is 431 g/mol. The van der Waals surface area contributed by atoms with Gasteiger partial charge in [0, 0.05) is 16.5 Å². The zero-order valence-electron chi connectivity index (χ0n) is 18.7. The largest absolute Gasteiger partial charge is 0.497 e. The van der Waals surface area contributed by atoms with Crippen LogP contribution in [0.25, 0.3) is 33.3 Å². The van der Waals surface area contributed by atoms with E-state index >= 15 is 0 Å². The summed E-state index contributed by atoms with van der Waals surface area (Å²) in [6, 6.07) is 35.3. The molecule has 0 saturated carbocycles. The number of nitrogens with two attached hydrogens (primary N) is 1. The highest BCUT2D eigenvalue weighted by atomic mass is 16.5. The predicted molar refractivity (Wildman–Crippen MR) is 137 cm³/mol. The topological polar surface area (TPSA) is 48.1 Å². The number of aryl methyl sites for hydroxylation is 2. The van der Waals surface area contributed by atoms with Crippen molar-refractivity contribution in [3.05, 3.63) is 114 Å². The van der Waals surface area contributed by atoms with Gasteiger partial charge in [0.25, 0.3) is 0 Å². The number of fused-ring (bicyclic) bond motifs is 1. The van der Waals surface area contributed by atoms with Crippen LogP contribution in [-0.4, -0.2) is 12.1 Å². The molecule has 1 heterocycles. The van der Waals surface area contributed by atoms with Crippen LogP contribution < -0.4 is 10.5 Å². The normalized spacial score (nSPS) is 10.9. The van der Waals surface area contributed by atoms with E-state index in [2.05, 4.69) is 54.6 Å². The van der Waals surface area contributed by atoms with Crippen LogP contribution in [0.2, 0.25) is 0 Å². The highest BCUT2D eigenvalue weighted by Gasteiger charge is 2.16. The number of pyridine rings is 1. The smallest absolute Gasteiger partial charge is 0.118 e. The fourth-order valence-corrected chi connectivity index (χ4v) is 4.27. The Morgan fingerprint density at radius 3 is 1.97 bits per heavy atom. The van der Waals surface area contributed by atoms with Crippen LogP contribution in [0.15, 0.2) is 103 Å². The summed E-state index contributed by atoms with van der Waals surface area (Å²) in [4.78, 5) is 5.07. The van der Waals surface area contributed by atoms with Crippen LogP contribution in [0.4, 0.5) is 5.69 Å². The number of methoxy groups -OCH3 is 1. The summed E-state index contributed by atoms with van der Waals surface area (Å²) in [5.41, 5.74) is 15.1. The molecular weight excluding hydrogens is 404 g/mol. The molecule has 162 valence electrons. The molecule has 0 saturated heterocycles. The zero-order valence-corrected chi connectivity index (χ0v) is 18.7. The molecule has 2 N–H and O–H groups in total. The third-order valence-electron chi connectivity index (χ3n) is 6.06. The number of aromatic nitrogens is 1. The summed E-state index contributed by atoms with van der Waals surface area (Å²) < 4.78 is 5.26. The summed E-state index contributed by atoms with van der Waals surface area (Å²) in [6.45, 7) is 0. The number of nitrogen functional groups attached to an aromatic ring is 1. The second-order valence-electron chi connectivity index (χ2n) is 8.18. The molecule has 3 nitrogen and oxygen atoms in total. The third kappa shape index (κ3) is 4.31. The molecule has 0 radical (unpaired) electrons. The molecule has 5 rings (SSSR count). The molecule has 0 aliphatic carbocycles. The van der Waals surface area contributed by atoms with Crippen molar-refractivity contribution in [1.82, 2.24) is 4.98 Å². The second kappa shape index (κ2) is 9.17. The molecule has 0 atom stereocenters. The van der Waals surface area contributed by atoms with E-state index in [9.17, 15) is 0 Å². The number of rotatable bonds is 6. The first-order valence-corrected chi connectivity index (χ1v) is 11.2. The maximum atomic E-state index is 6.84. The lowest BCUT2D eigenvalue weighted by Gasteiger charge is -2.16. The number of hydrogen-bond acceptors (Lipinski definition) is 3. The lowest BCUT2D eigenvalue weighted by molar-refractivity contribution is 0.414. The van der Waals surface area contributed by atoms with E-state index in [4.69, 9.17) is 15.5 Å². The molecule has 0 unspecified atom stereocenters. The molecule has 3 heteroatoms. The van der Waals surface area contributed by atoms with E-state index in [1.807, 2.05) is 48.5 Å². The van der Waals surface area contributed by atoms with Crippen LogP contribution in [0, 0.1) is 0 Å². The van der Waals surface area contributed by atoms with Gasteiger partial charge in [-0.05, 0) is 53.8 Å². The minimum Gasteiger partial charge on any atom is -0.497 e. The molecule has 33 heavy (non-hydrogen) atoms. The number of anilines is 1. The van der Waals surface area contributed by atoms with Gasteiger partial charge in [-0.25, -0.2) is 4.98 Å². The van der Waals surface area contributed by atoms with Gasteiger partial charge in [-0.15, -0.1) is 0 Å². The Kier molecular flexibility index (Phi) is 5.77. The molecular formula is C30H26N2O. The summed E-state index contributed by atoms with van der Waals surface area (Å²) in [6.07, 6.45) is 1.89. The van der Waals surface area contributed by atoms with Gasteiger partial charge in [0.1, 0.15) is 5.75 Å². The minimum atomic E-state index is 0.774. The Labute approximate surface area is 194 Å². The lowest BCUT2D eigenvalue weighted by Crippen LogP contribution is -2.00. The molecule has 0 spiro atoms. The Balaban J connectivity index is 1.56. The predicted octanol–water partition coefficient (Wildman–Crippen LogP) is 6.94. The Hall–Kier alpha value is -4.11. The first-order chi connectivity index (χ1) is 16.2. The fourth-order valence-electron chi connectivity index (χ4n) is 4.27. The van der Waals surface area contributed by atoms with E-state index in [0.29, 0.717) is 0 Å². The van der Waals surface area contributed by atoms with Crippen molar-refractivity contribution in [3.8, 4) is 28.1 Å². The van der Waals surface area contributed by atoms with Crippen molar-refractivity contribution in [2.45, 2.75) is 12.8 Å². The molecule has 0 aliphatic rings. The molecule has 0 fully saturated rings. The first-order valence-electron chi connectivity index (χ1n) is 11.2. The van der Waals surface area contributed by atoms with E-state index in [1.165, 1.54) is 11.1 Å². The monoisotopic (exact) mass is 430 g/mol. The van der Waals surface area contributed by atoms with Crippen molar-refractivity contribution in [3.63, 3.8) is 0 Å². The highest BCUT2D eigenvalue weighted by molar-refractivity contribution is 6.04. The minimum absolute atomic E-state index is 0.774. The number of hydrogen-bond donors (Lipinski definition) is 1. The maximum absolute atomic E-state index is 6.84. The van der Waals surface area contributed by atoms with Gasteiger partial charge >= 0.3 is 0 Å². The number of nitrogens with zero attached hydrogens (tertiary/aromatic N) is 1. The van der Waals surface area contributed by atoms with Crippen LogP contribution >= 0.6 is 0 Å². The fraction of sp³-hybridized carbons (Fsp3) is 0.100. The number of benzene rings is 4. The van der Waals surface area contributed by atoms with Gasteiger partial charge in [-0.3, -0.25) is 0 Å². The molecule has 5 aromatic rings. The van der Waals surface area contributed by atoms with Crippen molar-refractivity contribution in [2.24, 2.45) is 0 Å². The van der Waals surface area contributed by atoms with Crippen molar-refractivity contribution >= 4 is 16.6 Å². The van der Waals surface area contributed by atoms with Gasteiger partial charge in [0.05, 0.1) is 24.0 Å². The van der Waals surface area contributed by atoms with Gasteiger partial charge in [-0.1, -0.05) is 78.9 Å². The third-order valence-corrected chi connectivity index (χ3v) is 6.06. The van der Waals surface area contributed by atoms with Crippen molar-refractivity contribution in [2.75, 3.05) is 12.8 Å². The summed E-state index contributed by atoms with van der Waals surface area (Å²) in [5.74, 6) is 0.881. The van der Waals surface area contributed by atoms with E-state index in [-0.39, 0.29) is 0 Å². The van der Waals surface area contributed by atoms with Gasteiger partial charge in [0.2, 0.25) is 0 Å². The first kappa shape index (κ1) is 20.8. The Morgan fingerprint density at radius 1 is 0.697 bits per heavy atom. The lowest BCUT2D eigenvalue weighted by atomic mass is 9.94. The Bertz CT molecular complexity index is 1380. The summed E-state index contributed by atoms with van der Waals surface area (Å²) in [5, 5.41) is 1.00. The van der Waals surface area contributed by atoms with Gasteiger partial charge < -0.3 is 10.5 Å². The zero-order chi connectivity index (χ0) is 22.6. The van der Waals surface area contributed by atoms with Crippen molar-refractivity contribution < 1.29 is 4.74 Å². The molecule has 0 aliphatic heterocycles. The van der Waals surface area contributed by atoms with E-state index in [1.54, 1.807) is 7.11 Å². The van der Waals surface area contributed by atoms with Gasteiger partial charge in [-0.2, -0.15) is 0 Å². The van der Waals surface area contributed by atoms with Crippen LogP contribution in [-0.2, 0) is 12.8 Å². The van der Waals surface area contributed by atoms with E-state index in [0.717, 1.165) is 57.6 Å². The summed E-state index contributed by atoms with van der Waals surface area (Å²) in [7, 11) is 1.69. The van der Waals surface area contributed by atoms with Crippen LogP contribution in [0.1, 0.15) is 11.1 Å². The average Bonchev–Trinajstić information content (AvgIpc) is 2.89. The maximum Gasteiger partial charge on any atom is 0.118 e. The highest BCUT2D eigenvalue weighted by Crippen LogP contribution is 2.39. The molecule has 4 aromatic carbocycles. The molecule has 1 aromatic heterocycles. The second-order valence-corrected chi connectivity index (χ2v) is 8.18. The SMILES string of the molecule is COc1ccc(CCc2ccc3nc(-c4ccccc4)c(-c4ccccc4)c(N)c3c2)cc1. The van der Waals surface area contributed by atoms with E-state index < -0.39 is 0 Å². The van der Waals surface area contributed by atoms with Crippen LogP contribution in [0.3, 0.4) is 0 Å². The summed E-state index contributed by atoms with van der Waals surface area (Å²) >= 11 is 0. The van der Waals surface area contributed by atoms with Gasteiger partial charge in [0.15, 0.2) is 0 Å². The molecule has 0 bridgehead atoms. The van der Waals surface area contributed by atoms with Crippen molar-refractivity contribution in [1.29, 1.82) is 0 Å². The quantitative estimate of drug-likeness (QED) is 0.317. The Morgan fingerprint density at radius 2 is 1.30 bits per heavy atom. The number of ether oxygens (including phenoxy) is 1. The molecule has 0 amide bonds.